The zero-order chi connectivity index (χ0) is 27.2. The number of hydrogen-bond acceptors (Lipinski definition) is 6. The number of nitrogens with zero attached hydrogens (tertiary/aromatic N) is 3. The van der Waals surface area contributed by atoms with E-state index in [-0.39, 0.29) is 31.1 Å². The second-order valence-electron chi connectivity index (χ2n) is 9.54. The molecule has 12 nitrogen and oxygen atoms in total. The lowest BCUT2D eigenvalue weighted by Gasteiger charge is -2.24. The number of carbonyl (C=O) groups excluding carboxylic acids is 4. The van der Waals surface area contributed by atoms with Gasteiger partial charge < -0.3 is 26.5 Å². The third kappa shape index (κ3) is 7.50. The highest BCUT2D eigenvalue weighted by atomic mass is 16.5. The molecular weight excluding hydrogens is 478 g/mol. The van der Waals surface area contributed by atoms with Gasteiger partial charge in [0.25, 0.3) is 11.6 Å². The summed E-state index contributed by atoms with van der Waals surface area (Å²) in [5.41, 5.74) is 0.837. The van der Waals surface area contributed by atoms with Crippen LogP contribution in [-0.2, 0) is 14.4 Å². The fraction of sp³-hybridized carbons (Fsp3) is 0.360. The molecule has 0 saturated carbocycles. The van der Waals surface area contributed by atoms with Gasteiger partial charge in [-0.1, -0.05) is 6.07 Å². The number of hydroxylamine groups is 1. The van der Waals surface area contributed by atoms with Gasteiger partial charge in [-0.3, -0.25) is 19.2 Å². The fourth-order valence-electron chi connectivity index (χ4n) is 3.49. The number of benzene rings is 1. The van der Waals surface area contributed by atoms with Gasteiger partial charge in [-0.15, -0.1) is 0 Å². The van der Waals surface area contributed by atoms with Gasteiger partial charge in [0, 0.05) is 43.5 Å². The first-order valence-corrected chi connectivity index (χ1v) is 11.7. The fourth-order valence-corrected chi connectivity index (χ4v) is 3.49. The summed E-state index contributed by atoms with van der Waals surface area (Å²) >= 11 is 0. The van der Waals surface area contributed by atoms with Crippen LogP contribution in [0.15, 0.2) is 54.5 Å². The van der Waals surface area contributed by atoms with Crippen LogP contribution in [0.1, 0.15) is 44.5 Å². The van der Waals surface area contributed by atoms with Crippen LogP contribution in [0.5, 0.6) is 0 Å². The molecular formula is C25H31N7O5. The highest BCUT2D eigenvalue weighted by Gasteiger charge is 2.33. The lowest BCUT2D eigenvalue weighted by atomic mass is 10.1. The number of rotatable bonds is 10. The van der Waals surface area contributed by atoms with E-state index in [1.807, 2.05) is 6.07 Å². The molecule has 0 aliphatic carbocycles. The number of amides is 4. The largest absolute Gasteiger partial charge is 0.618 e. The van der Waals surface area contributed by atoms with Crippen molar-refractivity contribution < 1.29 is 23.9 Å². The molecule has 2 aromatic rings. The Bertz CT molecular complexity index is 1240. The van der Waals surface area contributed by atoms with Crippen LogP contribution in [0.2, 0.25) is 0 Å². The number of nitrogens with one attached hydrogen (secondary N) is 4. The molecule has 0 radical (unpaired) electrons. The van der Waals surface area contributed by atoms with E-state index < -0.39 is 29.3 Å². The van der Waals surface area contributed by atoms with E-state index in [4.69, 9.17) is 0 Å². The molecule has 12 heteroatoms. The summed E-state index contributed by atoms with van der Waals surface area (Å²) in [4.78, 5) is 50.2. The molecule has 1 atom stereocenters. The van der Waals surface area contributed by atoms with Crippen LogP contribution in [-0.4, -0.2) is 68.5 Å². The van der Waals surface area contributed by atoms with Gasteiger partial charge in [-0.25, -0.2) is 4.68 Å². The van der Waals surface area contributed by atoms with E-state index in [9.17, 15) is 24.4 Å². The Morgan fingerprint density at radius 3 is 2.43 bits per heavy atom. The zero-order valence-electron chi connectivity index (χ0n) is 21.2. The van der Waals surface area contributed by atoms with Gasteiger partial charge in [0.05, 0.1) is 18.2 Å². The van der Waals surface area contributed by atoms with Crippen LogP contribution in [0.4, 0.5) is 0 Å². The zero-order valence-corrected chi connectivity index (χ0v) is 21.2. The van der Waals surface area contributed by atoms with Crippen molar-refractivity contribution in [1.82, 2.24) is 31.0 Å². The number of hydrogen-bond donors (Lipinski definition) is 4. The first-order valence-electron chi connectivity index (χ1n) is 11.7. The van der Waals surface area contributed by atoms with Crippen molar-refractivity contribution in [3.63, 3.8) is 0 Å². The Kier molecular flexibility index (Phi) is 8.43. The van der Waals surface area contributed by atoms with Crippen molar-refractivity contribution in [3.8, 4) is 5.69 Å². The van der Waals surface area contributed by atoms with Gasteiger partial charge in [-0.05, 0) is 45.0 Å². The molecule has 1 aliphatic rings. The highest BCUT2D eigenvalue weighted by Crippen LogP contribution is 2.11. The van der Waals surface area contributed by atoms with Crippen molar-refractivity contribution in [2.75, 3.05) is 13.1 Å². The first-order chi connectivity index (χ1) is 17.4. The monoisotopic (exact) mass is 509 g/mol. The minimum Gasteiger partial charge on any atom is -0.618 e. The van der Waals surface area contributed by atoms with Gasteiger partial charge in [-0.2, -0.15) is 9.84 Å². The van der Waals surface area contributed by atoms with Gasteiger partial charge in [0.15, 0.2) is 5.71 Å². The smallest absolute Gasteiger partial charge is 0.318 e. The number of allylic oxidation sites excluding steroid dienone is 1. The lowest BCUT2D eigenvalue weighted by Crippen LogP contribution is -2.53. The van der Waals surface area contributed by atoms with E-state index in [2.05, 4.69) is 26.4 Å². The van der Waals surface area contributed by atoms with Gasteiger partial charge in [0.2, 0.25) is 11.8 Å². The Morgan fingerprint density at radius 1 is 1.08 bits per heavy atom. The third-order valence-corrected chi connectivity index (χ3v) is 5.23. The van der Waals surface area contributed by atoms with E-state index in [0.29, 0.717) is 16.0 Å². The summed E-state index contributed by atoms with van der Waals surface area (Å²) in [6, 6.07) is 7.47. The normalized spacial score (nSPS) is 13.7. The maximum absolute atomic E-state index is 12.8. The molecule has 1 aromatic carbocycles. The summed E-state index contributed by atoms with van der Waals surface area (Å²) in [6.45, 7) is 7.09. The van der Waals surface area contributed by atoms with Crippen LogP contribution >= 0.6 is 0 Å². The van der Waals surface area contributed by atoms with Crippen molar-refractivity contribution in [2.24, 2.45) is 0 Å². The Labute approximate surface area is 214 Å². The molecule has 0 spiro atoms. The quantitative estimate of drug-likeness (QED) is 0.206. The lowest BCUT2D eigenvalue weighted by molar-refractivity contribution is -0.407. The standard InChI is InChI=1S/C25H31N7O5/c1-16-13-20(32(16)37)24(36)29-19(15-21(33)30-25(2,3)4)23(35)27-11-10-26-22(34)17-7-5-8-18(14-17)31-12-6-9-28-31/h5-9,12-14,19H,10-11,15H2,1-4H3,(H,26,34)(H,27,35)(H,29,36)(H,30,33)/t19-/m0/s1. The average molecular weight is 510 g/mol. The maximum atomic E-state index is 12.8. The number of aromatic nitrogens is 2. The molecule has 0 bridgehead atoms. The maximum Gasteiger partial charge on any atom is 0.318 e. The molecule has 4 N–H and O–H groups in total. The Hall–Kier alpha value is -4.48. The van der Waals surface area contributed by atoms with Crippen molar-refractivity contribution in [3.05, 3.63) is 65.3 Å². The minimum absolute atomic E-state index is 0.0555. The predicted octanol–water partition coefficient (Wildman–Crippen LogP) is 0.377. The van der Waals surface area contributed by atoms with Crippen molar-refractivity contribution in [1.29, 1.82) is 0 Å². The van der Waals surface area contributed by atoms with E-state index in [1.54, 1.807) is 69.0 Å². The van der Waals surface area contributed by atoms with E-state index >= 15 is 0 Å². The molecule has 0 unspecified atom stereocenters. The molecule has 196 valence electrons. The molecule has 37 heavy (non-hydrogen) atoms. The summed E-state index contributed by atoms with van der Waals surface area (Å²) in [5, 5.41) is 26.4. The minimum atomic E-state index is -1.22. The molecule has 0 fully saturated rings. The second kappa shape index (κ2) is 11.5. The molecule has 3 rings (SSSR count). The number of carbonyl (C=O) groups is 4. The Balaban J connectivity index is 1.54. The summed E-state index contributed by atoms with van der Waals surface area (Å²) in [7, 11) is 0. The van der Waals surface area contributed by atoms with Gasteiger partial charge in [0.1, 0.15) is 6.04 Å². The first kappa shape index (κ1) is 27.1. The predicted molar refractivity (Wildman–Crippen MR) is 136 cm³/mol. The SMILES string of the molecule is CC1=[N+]([O-])C(C(=O)N[C@@H](CC(=O)NC(C)(C)C)C(=O)NCCNC(=O)c2cccc(-n3cccn3)c2)=C1. The van der Waals surface area contributed by atoms with Crippen LogP contribution < -0.4 is 21.3 Å². The summed E-state index contributed by atoms with van der Waals surface area (Å²) in [6.07, 6.45) is 4.47. The van der Waals surface area contributed by atoms with Crippen LogP contribution in [0, 0.1) is 5.21 Å². The topological polar surface area (TPSA) is 160 Å². The third-order valence-electron chi connectivity index (χ3n) is 5.23. The molecule has 1 aliphatic heterocycles. The Morgan fingerprint density at radius 2 is 1.81 bits per heavy atom. The van der Waals surface area contributed by atoms with Crippen molar-refractivity contribution in [2.45, 2.75) is 45.7 Å². The average Bonchev–Trinajstić information content (AvgIpc) is 3.38. The molecule has 0 saturated heterocycles. The summed E-state index contributed by atoms with van der Waals surface area (Å²) < 4.78 is 2.09. The summed E-state index contributed by atoms with van der Waals surface area (Å²) in [5.74, 6) is -2.15. The van der Waals surface area contributed by atoms with Crippen LogP contribution in [0.3, 0.4) is 0 Å². The van der Waals surface area contributed by atoms with Crippen molar-refractivity contribution >= 4 is 29.3 Å². The molecule has 1 aromatic heterocycles. The van der Waals surface area contributed by atoms with Crippen LogP contribution in [0.25, 0.3) is 5.69 Å². The molecule has 2 heterocycles. The second-order valence-corrected chi connectivity index (χ2v) is 9.54. The molecule has 4 amide bonds. The van der Waals surface area contributed by atoms with E-state index in [0.717, 1.165) is 5.69 Å². The van der Waals surface area contributed by atoms with Gasteiger partial charge >= 0.3 is 5.91 Å². The highest BCUT2D eigenvalue weighted by molar-refractivity contribution is 6.06. The van der Waals surface area contributed by atoms with E-state index in [1.165, 1.54) is 6.08 Å².